The third kappa shape index (κ3) is 3.17. The number of aromatic amines is 1. The average molecular weight is 475 g/mol. The third-order valence-corrected chi connectivity index (χ3v) is 5.79. The van der Waals surface area contributed by atoms with Gasteiger partial charge in [0.15, 0.2) is 5.13 Å². The molecule has 0 aliphatic carbocycles. The number of methoxy groups -OCH3 is 1. The molecule has 2 aromatic heterocycles. The highest BCUT2D eigenvalue weighted by atomic mass is 79.9. The van der Waals surface area contributed by atoms with Crippen LogP contribution >= 0.6 is 43.2 Å². The van der Waals surface area contributed by atoms with Gasteiger partial charge in [0.05, 0.1) is 26.4 Å². The summed E-state index contributed by atoms with van der Waals surface area (Å²) in [5.41, 5.74) is 0.852. The first-order chi connectivity index (χ1) is 11.4. The molecule has 1 aromatic carbocycles. The smallest absolute Gasteiger partial charge is 0.338 e. The second-order valence-corrected chi connectivity index (χ2v) is 7.33. The summed E-state index contributed by atoms with van der Waals surface area (Å²) in [5.74, 6) is -1.10. The molecule has 0 saturated heterocycles. The highest BCUT2D eigenvalue weighted by molar-refractivity contribution is 9.13. The third-order valence-electron chi connectivity index (χ3n) is 3.09. The number of benzene rings is 1. The minimum atomic E-state index is -0.563. The molecule has 10 heteroatoms. The van der Waals surface area contributed by atoms with E-state index in [2.05, 4.69) is 51.9 Å². The molecular formula is C14H9Br2N3O4S. The Hall–Kier alpha value is -1.91. The van der Waals surface area contributed by atoms with Gasteiger partial charge in [-0.05, 0) is 50.1 Å². The molecule has 0 fully saturated rings. The van der Waals surface area contributed by atoms with Crippen molar-refractivity contribution in [3.8, 4) is 5.75 Å². The quantitative estimate of drug-likeness (QED) is 0.499. The fourth-order valence-corrected chi connectivity index (χ4v) is 3.57. The van der Waals surface area contributed by atoms with Gasteiger partial charge in [-0.3, -0.25) is 10.1 Å². The number of halogens is 2. The van der Waals surface area contributed by atoms with Crippen molar-refractivity contribution in [2.45, 2.75) is 0 Å². The zero-order valence-corrected chi connectivity index (χ0v) is 16.0. The molecule has 7 nitrogen and oxygen atoms in total. The van der Waals surface area contributed by atoms with Gasteiger partial charge >= 0.3 is 5.97 Å². The van der Waals surface area contributed by atoms with Crippen LogP contribution in [-0.2, 0) is 4.74 Å². The normalized spacial score (nSPS) is 10.8. The van der Waals surface area contributed by atoms with Crippen molar-refractivity contribution < 1.29 is 19.4 Å². The van der Waals surface area contributed by atoms with E-state index >= 15 is 0 Å². The predicted octanol–water partition coefficient (Wildman–Crippen LogP) is 3.89. The van der Waals surface area contributed by atoms with Crippen LogP contribution in [0.1, 0.15) is 20.8 Å². The number of thiazole rings is 1. The minimum absolute atomic E-state index is 0.157. The van der Waals surface area contributed by atoms with E-state index in [1.807, 2.05) is 0 Å². The number of hydrogen-bond acceptors (Lipinski definition) is 6. The van der Waals surface area contributed by atoms with Crippen LogP contribution in [0, 0.1) is 0 Å². The molecule has 3 N–H and O–H groups in total. The van der Waals surface area contributed by atoms with Gasteiger partial charge in [-0.25, -0.2) is 9.78 Å². The Labute approximate surface area is 156 Å². The number of fused-ring (bicyclic) bond motifs is 1. The summed E-state index contributed by atoms with van der Waals surface area (Å²) >= 11 is 7.69. The van der Waals surface area contributed by atoms with E-state index < -0.39 is 5.97 Å². The number of nitrogens with one attached hydrogen (secondary N) is 2. The Bertz CT molecular complexity index is 947. The van der Waals surface area contributed by atoms with Crippen LogP contribution in [0.5, 0.6) is 5.75 Å². The fraction of sp³-hybridized carbons (Fsp3) is 0.0714. The molecule has 1 amide bonds. The SMILES string of the molecule is COC(=O)c1cc(O)c2nc(NC(=O)c3cc(Br)c(Br)[nH]3)sc2c1. The van der Waals surface area contributed by atoms with E-state index in [0.29, 0.717) is 25.6 Å². The van der Waals surface area contributed by atoms with Crippen molar-refractivity contribution in [3.63, 3.8) is 0 Å². The van der Waals surface area contributed by atoms with Crippen LogP contribution in [0.4, 0.5) is 5.13 Å². The van der Waals surface area contributed by atoms with Gasteiger partial charge in [-0.1, -0.05) is 11.3 Å². The first-order valence-electron chi connectivity index (χ1n) is 6.46. The van der Waals surface area contributed by atoms with Crippen molar-refractivity contribution in [2.24, 2.45) is 0 Å². The van der Waals surface area contributed by atoms with Gasteiger partial charge in [0, 0.05) is 0 Å². The monoisotopic (exact) mass is 473 g/mol. The number of carbonyl (C=O) groups excluding carboxylic acids is 2. The number of hydrogen-bond donors (Lipinski definition) is 3. The second kappa shape index (κ2) is 6.54. The number of anilines is 1. The summed E-state index contributed by atoms with van der Waals surface area (Å²) in [6, 6.07) is 4.45. The lowest BCUT2D eigenvalue weighted by Crippen LogP contribution is -2.11. The number of aromatic nitrogens is 2. The van der Waals surface area contributed by atoms with Crippen molar-refractivity contribution >= 4 is 70.4 Å². The van der Waals surface area contributed by atoms with E-state index in [1.165, 1.54) is 13.2 Å². The number of H-pyrrole nitrogens is 1. The molecule has 0 unspecified atom stereocenters. The number of ether oxygens (including phenoxy) is 1. The van der Waals surface area contributed by atoms with E-state index in [9.17, 15) is 14.7 Å². The number of nitrogens with zero attached hydrogens (tertiary/aromatic N) is 1. The largest absolute Gasteiger partial charge is 0.506 e. The molecule has 24 heavy (non-hydrogen) atoms. The van der Waals surface area contributed by atoms with Crippen LogP contribution in [-0.4, -0.2) is 34.1 Å². The van der Waals surface area contributed by atoms with Crippen LogP contribution in [0.25, 0.3) is 10.2 Å². The Morgan fingerprint density at radius 1 is 1.33 bits per heavy atom. The van der Waals surface area contributed by atoms with Crippen molar-refractivity contribution in [1.29, 1.82) is 0 Å². The molecule has 0 bridgehead atoms. The zero-order valence-electron chi connectivity index (χ0n) is 12.0. The number of aromatic hydroxyl groups is 1. The van der Waals surface area contributed by atoms with Gasteiger partial charge in [0.1, 0.15) is 17.0 Å². The van der Waals surface area contributed by atoms with Crippen LogP contribution in [0.15, 0.2) is 27.3 Å². The number of phenols is 1. The van der Waals surface area contributed by atoms with Gasteiger partial charge in [-0.2, -0.15) is 0 Å². The number of esters is 1. The topological polar surface area (TPSA) is 104 Å². The van der Waals surface area contributed by atoms with E-state index in [-0.39, 0.29) is 17.2 Å². The van der Waals surface area contributed by atoms with Crippen molar-refractivity contribution in [1.82, 2.24) is 9.97 Å². The Kier molecular flexibility index (Phi) is 4.61. The van der Waals surface area contributed by atoms with Gasteiger partial charge in [0.25, 0.3) is 5.91 Å². The average Bonchev–Trinajstić information content (AvgIpc) is 3.10. The lowest BCUT2D eigenvalue weighted by atomic mass is 10.2. The molecular weight excluding hydrogens is 466 g/mol. The van der Waals surface area contributed by atoms with Crippen LogP contribution < -0.4 is 5.32 Å². The first-order valence-corrected chi connectivity index (χ1v) is 8.86. The lowest BCUT2D eigenvalue weighted by molar-refractivity contribution is 0.0600. The predicted molar refractivity (Wildman–Crippen MR) is 96.8 cm³/mol. The number of carbonyl (C=O) groups is 2. The highest BCUT2D eigenvalue weighted by Crippen LogP contribution is 2.33. The maximum absolute atomic E-state index is 12.2. The summed E-state index contributed by atoms with van der Waals surface area (Å²) in [6.07, 6.45) is 0. The summed E-state index contributed by atoms with van der Waals surface area (Å²) in [6.45, 7) is 0. The maximum atomic E-state index is 12.2. The molecule has 3 aromatic rings. The highest BCUT2D eigenvalue weighted by Gasteiger charge is 2.17. The molecule has 0 aliphatic heterocycles. The first kappa shape index (κ1) is 16.9. The standard InChI is InChI=1S/C14H9Br2N3O4S/c1-23-13(22)5-2-8(20)10-9(3-5)24-14(18-10)19-12(21)7-4-6(15)11(16)17-7/h2-4,17,20H,1H3,(H,18,19,21). The number of phenolic OH excluding ortho intramolecular Hbond substituents is 1. The molecule has 3 rings (SSSR count). The second-order valence-electron chi connectivity index (χ2n) is 4.65. The molecule has 0 atom stereocenters. The van der Waals surface area contributed by atoms with Gasteiger partial charge in [-0.15, -0.1) is 0 Å². The van der Waals surface area contributed by atoms with E-state index in [1.54, 1.807) is 12.1 Å². The van der Waals surface area contributed by atoms with Crippen LogP contribution in [0.3, 0.4) is 0 Å². The van der Waals surface area contributed by atoms with E-state index in [0.717, 1.165) is 15.8 Å². The molecule has 0 saturated carbocycles. The van der Waals surface area contributed by atoms with Crippen molar-refractivity contribution in [3.05, 3.63) is 38.5 Å². The Balaban J connectivity index is 1.91. The van der Waals surface area contributed by atoms with Crippen LogP contribution in [0.2, 0.25) is 0 Å². The minimum Gasteiger partial charge on any atom is -0.506 e. The summed E-state index contributed by atoms with van der Waals surface area (Å²) in [5, 5.41) is 13.0. The summed E-state index contributed by atoms with van der Waals surface area (Å²) < 4.78 is 6.56. The summed E-state index contributed by atoms with van der Waals surface area (Å²) in [4.78, 5) is 30.8. The molecule has 124 valence electrons. The number of rotatable bonds is 3. The Morgan fingerprint density at radius 2 is 2.08 bits per heavy atom. The molecule has 0 radical (unpaired) electrons. The Morgan fingerprint density at radius 3 is 2.71 bits per heavy atom. The van der Waals surface area contributed by atoms with Gasteiger partial charge < -0.3 is 14.8 Å². The zero-order chi connectivity index (χ0) is 17.4. The number of amides is 1. The molecule has 0 spiro atoms. The summed E-state index contributed by atoms with van der Waals surface area (Å²) in [7, 11) is 1.26. The molecule has 0 aliphatic rings. The fourth-order valence-electron chi connectivity index (χ4n) is 1.99. The molecule has 2 heterocycles. The van der Waals surface area contributed by atoms with Crippen molar-refractivity contribution in [2.75, 3.05) is 12.4 Å². The van der Waals surface area contributed by atoms with E-state index in [4.69, 9.17) is 0 Å². The lowest BCUT2D eigenvalue weighted by Gasteiger charge is -2.00. The van der Waals surface area contributed by atoms with Gasteiger partial charge in [0.2, 0.25) is 0 Å². The maximum Gasteiger partial charge on any atom is 0.338 e.